The van der Waals surface area contributed by atoms with Crippen LogP contribution in [-0.4, -0.2) is 71.4 Å². The van der Waals surface area contributed by atoms with Crippen LogP contribution >= 0.6 is 0 Å². The van der Waals surface area contributed by atoms with E-state index >= 15 is 0 Å². The average Bonchev–Trinajstić information content (AvgIpc) is 3.30. The van der Waals surface area contributed by atoms with E-state index in [1.807, 2.05) is 60.8 Å². The number of carbonyl (C=O) groups is 3. The van der Waals surface area contributed by atoms with E-state index in [4.69, 9.17) is 5.73 Å². The van der Waals surface area contributed by atoms with E-state index in [1.54, 1.807) is 37.9 Å². The number of aromatic amines is 1. The van der Waals surface area contributed by atoms with Gasteiger partial charge in [-0.15, -0.1) is 0 Å². The Morgan fingerprint density at radius 1 is 1.10 bits per heavy atom. The number of para-hydroxylation sites is 1. The van der Waals surface area contributed by atoms with Crippen molar-refractivity contribution in [2.24, 2.45) is 11.1 Å². The molecular weight excluding hydrogens is 492 g/mol. The number of H-pyrrole nitrogens is 1. The summed E-state index contributed by atoms with van der Waals surface area (Å²) in [5.41, 5.74) is 9.99. The number of nitrogens with zero attached hydrogens (tertiary/aromatic N) is 2. The second-order valence-electron chi connectivity index (χ2n) is 11.5. The highest BCUT2D eigenvalue weighted by Gasteiger charge is 2.45. The topological polar surface area (TPSA) is 124 Å². The number of benzene rings is 2. The molecule has 0 radical (unpaired) electrons. The van der Waals surface area contributed by atoms with Crippen LogP contribution in [0.1, 0.15) is 37.8 Å². The SMILES string of the molecule is CN(C)NC(=O)[C@@]1(Cc2ccccc2)CCCN(C(=O)C(Cc2c[nH]c3ccccc23)NC(=O)C(C)(C)N)C1. The molecule has 0 aliphatic carbocycles. The van der Waals surface area contributed by atoms with Gasteiger partial charge in [0, 0.05) is 50.7 Å². The van der Waals surface area contributed by atoms with Crippen LogP contribution in [-0.2, 0) is 27.2 Å². The van der Waals surface area contributed by atoms with Gasteiger partial charge in [-0.1, -0.05) is 48.5 Å². The van der Waals surface area contributed by atoms with E-state index in [0.717, 1.165) is 22.0 Å². The van der Waals surface area contributed by atoms with Crippen molar-refractivity contribution < 1.29 is 14.4 Å². The number of nitrogens with one attached hydrogen (secondary N) is 3. The molecule has 1 aliphatic heterocycles. The fraction of sp³-hybridized carbons (Fsp3) is 0.433. The van der Waals surface area contributed by atoms with Crippen LogP contribution in [0.15, 0.2) is 60.8 Å². The van der Waals surface area contributed by atoms with Gasteiger partial charge >= 0.3 is 0 Å². The van der Waals surface area contributed by atoms with E-state index in [9.17, 15) is 14.4 Å². The molecule has 4 rings (SSSR count). The van der Waals surface area contributed by atoms with Crippen molar-refractivity contribution in [2.75, 3.05) is 27.2 Å². The van der Waals surface area contributed by atoms with Crippen LogP contribution in [0.5, 0.6) is 0 Å². The summed E-state index contributed by atoms with van der Waals surface area (Å²) in [5, 5.41) is 5.55. The Morgan fingerprint density at radius 3 is 2.49 bits per heavy atom. The Hall–Kier alpha value is -3.69. The lowest BCUT2D eigenvalue weighted by molar-refractivity contribution is -0.146. The third kappa shape index (κ3) is 6.66. The highest BCUT2D eigenvalue weighted by atomic mass is 16.2. The molecule has 2 atom stereocenters. The predicted octanol–water partition coefficient (Wildman–Crippen LogP) is 2.38. The van der Waals surface area contributed by atoms with E-state index in [1.165, 1.54) is 0 Å². The molecule has 5 N–H and O–H groups in total. The molecule has 0 spiro atoms. The molecule has 0 saturated carbocycles. The van der Waals surface area contributed by atoms with Gasteiger partial charge in [-0.05, 0) is 50.3 Å². The van der Waals surface area contributed by atoms with E-state index in [-0.39, 0.29) is 18.4 Å². The highest BCUT2D eigenvalue weighted by molar-refractivity contribution is 5.93. The smallest absolute Gasteiger partial charge is 0.245 e. The van der Waals surface area contributed by atoms with E-state index in [2.05, 4.69) is 15.7 Å². The van der Waals surface area contributed by atoms with Crippen LogP contribution in [0.4, 0.5) is 0 Å². The highest BCUT2D eigenvalue weighted by Crippen LogP contribution is 2.35. The molecule has 1 unspecified atom stereocenters. The number of amides is 3. The summed E-state index contributed by atoms with van der Waals surface area (Å²) in [5.74, 6) is -0.736. The second-order valence-corrected chi connectivity index (χ2v) is 11.5. The molecule has 1 fully saturated rings. The van der Waals surface area contributed by atoms with Crippen molar-refractivity contribution in [1.29, 1.82) is 0 Å². The van der Waals surface area contributed by atoms with Gasteiger partial charge in [0.25, 0.3) is 0 Å². The monoisotopic (exact) mass is 532 g/mol. The van der Waals surface area contributed by atoms with Gasteiger partial charge < -0.3 is 20.9 Å². The summed E-state index contributed by atoms with van der Waals surface area (Å²) in [6.07, 6.45) is 4.02. The molecule has 1 saturated heterocycles. The maximum atomic E-state index is 14.1. The molecule has 9 heteroatoms. The molecular formula is C30H40N6O3. The molecule has 3 aromatic rings. The number of carbonyl (C=O) groups excluding carboxylic acids is 3. The summed E-state index contributed by atoms with van der Waals surface area (Å²) in [7, 11) is 3.56. The van der Waals surface area contributed by atoms with Gasteiger partial charge in [-0.2, -0.15) is 0 Å². The van der Waals surface area contributed by atoms with Crippen LogP contribution in [0.2, 0.25) is 0 Å². The zero-order chi connectivity index (χ0) is 28.2. The summed E-state index contributed by atoms with van der Waals surface area (Å²) < 4.78 is 0. The van der Waals surface area contributed by atoms with Crippen molar-refractivity contribution in [2.45, 2.75) is 51.1 Å². The number of likely N-dealkylation sites (tertiary alicyclic amines) is 1. The van der Waals surface area contributed by atoms with Crippen molar-refractivity contribution in [3.05, 3.63) is 71.9 Å². The van der Waals surface area contributed by atoms with E-state index in [0.29, 0.717) is 32.2 Å². The van der Waals surface area contributed by atoms with Crippen molar-refractivity contribution in [3.8, 4) is 0 Å². The van der Waals surface area contributed by atoms with Crippen LogP contribution < -0.4 is 16.5 Å². The quantitative estimate of drug-likeness (QED) is 0.315. The Balaban J connectivity index is 1.64. The molecule has 2 aromatic carbocycles. The van der Waals surface area contributed by atoms with Gasteiger partial charge in [-0.3, -0.25) is 19.8 Å². The fourth-order valence-corrected chi connectivity index (χ4v) is 5.32. The maximum Gasteiger partial charge on any atom is 0.245 e. The number of nitrogens with two attached hydrogens (primary N) is 1. The standard InChI is InChI=1S/C30H40N6O3/c1-29(2,31)27(38)33-25(17-22-19-32-24-14-9-8-13-23(22)24)26(37)36-16-10-15-30(20-36,28(39)34-35(3)4)18-21-11-6-5-7-12-21/h5-9,11-14,19,25,32H,10,15-18,20,31H2,1-4H3,(H,33,38)(H,34,39)/t25?,30-/m1/s1. The maximum absolute atomic E-state index is 14.1. The molecule has 1 aromatic heterocycles. The summed E-state index contributed by atoms with van der Waals surface area (Å²) in [6.45, 7) is 4.00. The Kier molecular flexibility index (Phi) is 8.42. The number of piperidine rings is 1. The minimum Gasteiger partial charge on any atom is -0.361 e. The lowest BCUT2D eigenvalue weighted by Gasteiger charge is -2.43. The molecule has 3 amide bonds. The Bertz CT molecular complexity index is 1310. The fourth-order valence-electron chi connectivity index (χ4n) is 5.32. The minimum atomic E-state index is -1.15. The summed E-state index contributed by atoms with van der Waals surface area (Å²) >= 11 is 0. The third-order valence-corrected chi connectivity index (χ3v) is 7.37. The first-order chi connectivity index (χ1) is 18.5. The largest absolute Gasteiger partial charge is 0.361 e. The second kappa shape index (κ2) is 11.6. The average molecular weight is 533 g/mol. The first kappa shape index (κ1) is 28.3. The predicted molar refractivity (Wildman–Crippen MR) is 152 cm³/mol. The first-order valence-electron chi connectivity index (χ1n) is 13.4. The van der Waals surface area contributed by atoms with Crippen molar-refractivity contribution in [1.82, 2.24) is 25.6 Å². The van der Waals surface area contributed by atoms with Crippen LogP contribution in [0.25, 0.3) is 10.9 Å². The van der Waals surface area contributed by atoms with Gasteiger partial charge in [0.2, 0.25) is 17.7 Å². The molecule has 208 valence electrons. The van der Waals surface area contributed by atoms with Crippen LogP contribution in [0.3, 0.4) is 0 Å². The molecule has 39 heavy (non-hydrogen) atoms. The van der Waals surface area contributed by atoms with Gasteiger partial charge in [-0.25, -0.2) is 5.01 Å². The normalized spacial score (nSPS) is 18.7. The minimum absolute atomic E-state index is 0.117. The van der Waals surface area contributed by atoms with Gasteiger partial charge in [0.15, 0.2) is 0 Å². The van der Waals surface area contributed by atoms with Crippen LogP contribution in [0, 0.1) is 5.41 Å². The Labute approximate surface area is 230 Å². The molecule has 0 bridgehead atoms. The molecule has 2 heterocycles. The number of fused-ring (bicyclic) bond motifs is 1. The lowest BCUT2D eigenvalue weighted by atomic mass is 9.74. The summed E-state index contributed by atoms with van der Waals surface area (Å²) in [4.78, 5) is 45.7. The zero-order valence-corrected chi connectivity index (χ0v) is 23.3. The zero-order valence-electron chi connectivity index (χ0n) is 23.3. The lowest BCUT2D eigenvalue weighted by Crippen LogP contribution is -2.61. The van der Waals surface area contributed by atoms with Crippen molar-refractivity contribution >= 4 is 28.6 Å². The summed E-state index contributed by atoms with van der Waals surface area (Å²) in [6, 6.07) is 16.9. The third-order valence-electron chi connectivity index (χ3n) is 7.37. The van der Waals surface area contributed by atoms with Gasteiger partial charge in [0.1, 0.15) is 6.04 Å². The number of rotatable bonds is 9. The number of hydrogen-bond acceptors (Lipinski definition) is 5. The first-order valence-corrected chi connectivity index (χ1v) is 13.4. The number of hydrogen-bond donors (Lipinski definition) is 4. The molecule has 1 aliphatic rings. The van der Waals surface area contributed by atoms with Crippen molar-refractivity contribution in [3.63, 3.8) is 0 Å². The van der Waals surface area contributed by atoms with Gasteiger partial charge in [0.05, 0.1) is 11.0 Å². The number of aromatic nitrogens is 1. The Morgan fingerprint density at radius 2 is 1.79 bits per heavy atom. The molecule has 9 nitrogen and oxygen atoms in total. The number of hydrazine groups is 1. The van der Waals surface area contributed by atoms with E-state index < -0.39 is 22.9 Å².